The molecule has 5 nitrogen and oxygen atoms in total. The molecule has 0 aliphatic heterocycles. The molecule has 0 fully saturated rings. The van der Waals surface area contributed by atoms with E-state index in [0.717, 1.165) is 11.8 Å². The molecule has 0 aliphatic carbocycles. The average molecular weight is 313 g/mol. The van der Waals surface area contributed by atoms with Crippen molar-refractivity contribution >= 4 is 9.84 Å². The topological polar surface area (TPSA) is 75.6 Å². The first-order valence-corrected chi connectivity index (χ1v) is 8.61. The van der Waals surface area contributed by atoms with Crippen LogP contribution in [0.15, 0.2) is 41.3 Å². The van der Waals surface area contributed by atoms with E-state index in [4.69, 9.17) is 4.74 Å². The summed E-state index contributed by atoms with van der Waals surface area (Å²) >= 11 is 0. The van der Waals surface area contributed by atoms with Gasteiger partial charge in [-0.3, -0.25) is 0 Å². The molecule has 1 unspecified atom stereocenters. The highest BCUT2D eigenvalue weighted by molar-refractivity contribution is 7.90. The fourth-order valence-corrected chi connectivity index (χ4v) is 2.32. The predicted molar refractivity (Wildman–Crippen MR) is 83.0 cm³/mol. The summed E-state index contributed by atoms with van der Waals surface area (Å²) in [5, 5.41) is 13.1. The Morgan fingerprint density at radius 1 is 1.38 bits per heavy atom. The van der Waals surface area contributed by atoms with E-state index in [1.807, 2.05) is 6.92 Å². The van der Waals surface area contributed by atoms with Crippen LogP contribution in [0.1, 0.15) is 18.6 Å². The van der Waals surface area contributed by atoms with Crippen LogP contribution in [-0.2, 0) is 14.6 Å². The number of rotatable bonds is 9. The van der Waals surface area contributed by atoms with Crippen LogP contribution in [0.5, 0.6) is 0 Å². The third-order valence-corrected chi connectivity index (χ3v) is 3.93. The Balaban J connectivity index is 2.35. The molecule has 21 heavy (non-hydrogen) atoms. The van der Waals surface area contributed by atoms with Gasteiger partial charge in [-0.05, 0) is 24.6 Å². The van der Waals surface area contributed by atoms with Gasteiger partial charge in [0.1, 0.15) is 0 Å². The molecule has 0 saturated heterocycles. The minimum Gasteiger partial charge on any atom is -0.387 e. The molecule has 0 aliphatic rings. The van der Waals surface area contributed by atoms with Crippen molar-refractivity contribution in [3.8, 4) is 0 Å². The molecule has 0 amide bonds. The molecule has 118 valence electrons. The van der Waals surface area contributed by atoms with Crippen molar-refractivity contribution in [3.05, 3.63) is 42.0 Å². The van der Waals surface area contributed by atoms with Gasteiger partial charge in [0.2, 0.25) is 0 Å². The first-order valence-electron chi connectivity index (χ1n) is 6.71. The lowest BCUT2D eigenvalue weighted by Gasteiger charge is -2.13. The van der Waals surface area contributed by atoms with Crippen molar-refractivity contribution in [2.75, 3.05) is 32.6 Å². The molecule has 6 heteroatoms. The second-order valence-electron chi connectivity index (χ2n) is 5.07. The third-order valence-electron chi connectivity index (χ3n) is 2.80. The molecule has 1 atom stereocenters. The van der Waals surface area contributed by atoms with Gasteiger partial charge in [-0.25, -0.2) is 8.42 Å². The SMILES string of the molecule is C=C(C)COCCNCC(O)c1ccc(S(C)(=O)=O)cc1. The summed E-state index contributed by atoms with van der Waals surface area (Å²) < 4.78 is 28.0. The summed E-state index contributed by atoms with van der Waals surface area (Å²) in [6.07, 6.45) is 0.477. The van der Waals surface area contributed by atoms with E-state index in [1.165, 1.54) is 12.1 Å². The van der Waals surface area contributed by atoms with E-state index < -0.39 is 15.9 Å². The second kappa shape index (κ2) is 8.29. The summed E-state index contributed by atoms with van der Waals surface area (Å²) in [4.78, 5) is 0.250. The van der Waals surface area contributed by atoms with Gasteiger partial charge in [-0.2, -0.15) is 0 Å². The van der Waals surface area contributed by atoms with Crippen LogP contribution in [0.3, 0.4) is 0 Å². The van der Waals surface area contributed by atoms with Crippen LogP contribution >= 0.6 is 0 Å². The number of hydrogen-bond acceptors (Lipinski definition) is 5. The van der Waals surface area contributed by atoms with E-state index in [2.05, 4.69) is 11.9 Å². The van der Waals surface area contributed by atoms with E-state index in [1.54, 1.807) is 12.1 Å². The Morgan fingerprint density at radius 2 is 2.00 bits per heavy atom. The maximum Gasteiger partial charge on any atom is 0.175 e. The first-order chi connectivity index (χ1) is 9.80. The van der Waals surface area contributed by atoms with Gasteiger partial charge in [0.15, 0.2) is 9.84 Å². The number of ether oxygens (including phenoxy) is 1. The van der Waals surface area contributed by atoms with Crippen molar-refractivity contribution in [1.29, 1.82) is 0 Å². The fourth-order valence-electron chi connectivity index (χ4n) is 1.68. The minimum absolute atomic E-state index is 0.250. The summed E-state index contributed by atoms with van der Waals surface area (Å²) in [5.74, 6) is 0. The zero-order valence-electron chi connectivity index (χ0n) is 12.5. The number of aliphatic hydroxyl groups excluding tert-OH is 1. The van der Waals surface area contributed by atoms with Crippen LogP contribution in [0.25, 0.3) is 0 Å². The number of nitrogens with one attached hydrogen (secondary N) is 1. The van der Waals surface area contributed by atoms with Gasteiger partial charge >= 0.3 is 0 Å². The van der Waals surface area contributed by atoms with Crippen LogP contribution in [0.4, 0.5) is 0 Å². The van der Waals surface area contributed by atoms with E-state index in [0.29, 0.717) is 31.9 Å². The average Bonchev–Trinajstić information content (AvgIpc) is 2.41. The number of benzene rings is 1. The van der Waals surface area contributed by atoms with Gasteiger partial charge in [0.25, 0.3) is 0 Å². The Hall–Kier alpha value is -1.21. The van der Waals surface area contributed by atoms with Crippen LogP contribution < -0.4 is 5.32 Å². The smallest absolute Gasteiger partial charge is 0.175 e. The van der Waals surface area contributed by atoms with Crippen molar-refractivity contribution < 1.29 is 18.3 Å². The standard InChI is InChI=1S/C15H23NO4S/c1-12(2)11-20-9-8-16-10-15(17)13-4-6-14(7-5-13)21(3,18)19/h4-7,15-17H,1,8-11H2,2-3H3. The number of sulfone groups is 1. The summed E-state index contributed by atoms with van der Waals surface area (Å²) in [6, 6.07) is 6.26. The lowest BCUT2D eigenvalue weighted by atomic mass is 10.1. The predicted octanol–water partition coefficient (Wildman–Crippen LogP) is 1.31. The van der Waals surface area contributed by atoms with Gasteiger partial charge in [0.05, 0.1) is 24.2 Å². The largest absolute Gasteiger partial charge is 0.387 e. The van der Waals surface area contributed by atoms with Gasteiger partial charge in [0, 0.05) is 19.3 Å². The maximum atomic E-state index is 11.3. The molecule has 0 saturated carbocycles. The van der Waals surface area contributed by atoms with Crippen molar-refractivity contribution in [2.45, 2.75) is 17.9 Å². The fraction of sp³-hybridized carbons (Fsp3) is 0.467. The van der Waals surface area contributed by atoms with Crippen LogP contribution in [-0.4, -0.2) is 46.1 Å². The first kappa shape index (κ1) is 17.8. The number of aliphatic hydroxyl groups is 1. The van der Waals surface area contributed by atoms with Crippen LogP contribution in [0, 0.1) is 0 Å². The maximum absolute atomic E-state index is 11.3. The molecule has 0 radical (unpaired) electrons. The zero-order valence-corrected chi connectivity index (χ0v) is 13.3. The molecule has 1 aromatic carbocycles. The molecule has 1 rings (SSSR count). The summed E-state index contributed by atoms with van der Waals surface area (Å²) in [7, 11) is -3.20. The highest BCUT2D eigenvalue weighted by Crippen LogP contribution is 2.15. The van der Waals surface area contributed by atoms with Gasteiger partial charge < -0.3 is 15.2 Å². The van der Waals surface area contributed by atoms with Gasteiger partial charge in [-0.15, -0.1) is 0 Å². The Kier molecular flexibility index (Phi) is 7.04. The molecular weight excluding hydrogens is 290 g/mol. The normalized spacial score (nSPS) is 13.1. The van der Waals surface area contributed by atoms with Crippen molar-refractivity contribution in [2.24, 2.45) is 0 Å². The quantitative estimate of drug-likeness (QED) is 0.531. The minimum atomic E-state index is -3.20. The molecule has 2 N–H and O–H groups in total. The Bertz CT molecular complexity index is 552. The van der Waals surface area contributed by atoms with E-state index >= 15 is 0 Å². The zero-order chi connectivity index (χ0) is 15.9. The highest BCUT2D eigenvalue weighted by Gasteiger charge is 2.10. The third kappa shape index (κ3) is 6.86. The van der Waals surface area contributed by atoms with Crippen molar-refractivity contribution in [3.63, 3.8) is 0 Å². The lowest BCUT2D eigenvalue weighted by molar-refractivity contribution is 0.143. The molecule has 0 spiro atoms. The van der Waals surface area contributed by atoms with Crippen molar-refractivity contribution in [1.82, 2.24) is 5.32 Å². The monoisotopic (exact) mass is 313 g/mol. The molecular formula is C15H23NO4S. The van der Waals surface area contributed by atoms with Crippen LogP contribution in [0.2, 0.25) is 0 Å². The molecule has 0 aromatic heterocycles. The second-order valence-corrected chi connectivity index (χ2v) is 7.09. The molecule has 0 heterocycles. The summed E-state index contributed by atoms with van der Waals surface area (Å²) in [5.41, 5.74) is 1.65. The van der Waals surface area contributed by atoms with Gasteiger partial charge in [-0.1, -0.05) is 24.3 Å². The van der Waals surface area contributed by atoms with E-state index in [9.17, 15) is 13.5 Å². The highest BCUT2D eigenvalue weighted by atomic mass is 32.2. The summed E-state index contributed by atoms with van der Waals surface area (Å²) in [6.45, 7) is 7.74. The van der Waals surface area contributed by atoms with E-state index in [-0.39, 0.29) is 4.90 Å². The number of hydrogen-bond donors (Lipinski definition) is 2. The molecule has 1 aromatic rings. The molecule has 0 bridgehead atoms. The lowest BCUT2D eigenvalue weighted by Crippen LogP contribution is -2.25. The Labute approximate surface area is 126 Å². The Morgan fingerprint density at radius 3 is 2.52 bits per heavy atom.